The average Bonchev–Trinajstić information content (AvgIpc) is 2.20. The summed E-state index contributed by atoms with van der Waals surface area (Å²) in [6, 6.07) is 0. The summed E-state index contributed by atoms with van der Waals surface area (Å²) in [5, 5.41) is 12.6. The number of oxime groups is 1. The third-order valence-electron chi connectivity index (χ3n) is 4.33. The molecule has 0 amide bonds. The van der Waals surface area contributed by atoms with E-state index in [0.717, 1.165) is 17.5 Å². The van der Waals surface area contributed by atoms with Crippen molar-refractivity contribution in [2.24, 2.45) is 28.8 Å². The zero-order valence-electron chi connectivity index (χ0n) is 9.26. The van der Waals surface area contributed by atoms with Crippen molar-refractivity contribution in [3.8, 4) is 0 Å². The first kappa shape index (κ1) is 10.1. The Hall–Kier alpha value is -1.06. The number of carboxylic acid groups (broad SMARTS) is 1. The van der Waals surface area contributed by atoms with Gasteiger partial charge in [-0.25, -0.2) is 4.79 Å². The lowest BCUT2D eigenvalue weighted by molar-refractivity contribution is -0.142. The highest BCUT2D eigenvalue weighted by molar-refractivity contribution is 5.90. The molecule has 4 bridgehead atoms. The van der Waals surface area contributed by atoms with Gasteiger partial charge in [0.05, 0.1) is 5.71 Å². The molecular weight excluding hydrogens is 206 g/mol. The molecule has 0 heterocycles. The Morgan fingerprint density at radius 3 is 2.25 bits per heavy atom. The van der Waals surface area contributed by atoms with Gasteiger partial charge in [-0.15, -0.1) is 0 Å². The zero-order chi connectivity index (χ0) is 11.1. The van der Waals surface area contributed by atoms with Crippen LogP contribution in [0.5, 0.6) is 0 Å². The average molecular weight is 223 g/mol. The molecule has 4 heteroatoms. The van der Waals surface area contributed by atoms with Crippen molar-refractivity contribution >= 4 is 11.7 Å². The van der Waals surface area contributed by atoms with Gasteiger partial charge in [-0.1, -0.05) is 5.16 Å². The fraction of sp³-hybridized carbons (Fsp3) is 0.833. The van der Waals surface area contributed by atoms with Crippen LogP contribution in [-0.4, -0.2) is 23.4 Å². The monoisotopic (exact) mass is 223 g/mol. The molecule has 0 atom stereocenters. The van der Waals surface area contributed by atoms with Gasteiger partial charge in [0.2, 0.25) is 6.61 Å². The van der Waals surface area contributed by atoms with E-state index in [1.807, 2.05) is 0 Å². The van der Waals surface area contributed by atoms with Crippen molar-refractivity contribution < 1.29 is 14.7 Å². The Bertz CT molecular complexity index is 307. The predicted octanol–water partition coefficient (Wildman–Crippen LogP) is 1.90. The van der Waals surface area contributed by atoms with Crippen LogP contribution in [0.1, 0.15) is 32.1 Å². The van der Waals surface area contributed by atoms with Gasteiger partial charge in [0, 0.05) is 11.8 Å². The lowest BCUT2D eigenvalue weighted by atomic mass is 9.55. The van der Waals surface area contributed by atoms with Gasteiger partial charge >= 0.3 is 5.97 Å². The molecule has 0 aliphatic heterocycles. The first-order valence-corrected chi connectivity index (χ1v) is 6.14. The molecule has 0 aromatic heterocycles. The van der Waals surface area contributed by atoms with E-state index in [4.69, 9.17) is 9.94 Å². The van der Waals surface area contributed by atoms with E-state index in [0.29, 0.717) is 11.8 Å². The van der Waals surface area contributed by atoms with E-state index in [9.17, 15) is 4.79 Å². The molecule has 4 aliphatic rings. The number of hydrogen-bond acceptors (Lipinski definition) is 3. The van der Waals surface area contributed by atoms with Crippen molar-refractivity contribution in [2.45, 2.75) is 32.1 Å². The van der Waals surface area contributed by atoms with E-state index in [1.165, 1.54) is 32.1 Å². The fourth-order valence-corrected chi connectivity index (χ4v) is 3.98. The Labute approximate surface area is 94.7 Å². The van der Waals surface area contributed by atoms with E-state index in [2.05, 4.69) is 5.16 Å². The molecule has 1 N–H and O–H groups in total. The molecule has 0 aromatic rings. The van der Waals surface area contributed by atoms with Gasteiger partial charge in [-0.05, 0) is 43.9 Å². The first-order chi connectivity index (χ1) is 7.72. The molecule has 4 nitrogen and oxygen atoms in total. The summed E-state index contributed by atoms with van der Waals surface area (Å²) < 4.78 is 0. The molecule has 0 saturated heterocycles. The molecule has 88 valence electrons. The SMILES string of the molecule is O=C(O)CON=C1C2CC3CC(C2)CC1C3. The van der Waals surface area contributed by atoms with Gasteiger partial charge in [0.1, 0.15) is 0 Å². The van der Waals surface area contributed by atoms with Crippen molar-refractivity contribution in [1.82, 2.24) is 0 Å². The van der Waals surface area contributed by atoms with Gasteiger partial charge in [-0.2, -0.15) is 0 Å². The van der Waals surface area contributed by atoms with Gasteiger partial charge < -0.3 is 9.94 Å². The van der Waals surface area contributed by atoms with Crippen LogP contribution < -0.4 is 0 Å². The van der Waals surface area contributed by atoms with Crippen LogP contribution in [0.4, 0.5) is 0 Å². The largest absolute Gasteiger partial charge is 0.479 e. The second-order valence-electron chi connectivity index (χ2n) is 5.49. The molecule has 4 saturated carbocycles. The first-order valence-electron chi connectivity index (χ1n) is 6.14. The number of rotatable bonds is 3. The van der Waals surface area contributed by atoms with Gasteiger partial charge in [0.25, 0.3) is 0 Å². The molecule has 0 spiro atoms. The summed E-state index contributed by atoms with van der Waals surface area (Å²) in [5.74, 6) is 2.03. The van der Waals surface area contributed by atoms with E-state index < -0.39 is 5.97 Å². The Morgan fingerprint density at radius 2 is 1.75 bits per heavy atom. The normalized spacial score (nSPS) is 39.9. The van der Waals surface area contributed by atoms with Crippen LogP contribution in [0.3, 0.4) is 0 Å². The smallest absolute Gasteiger partial charge is 0.344 e. The molecule has 0 aromatic carbocycles. The Kier molecular flexibility index (Phi) is 2.37. The van der Waals surface area contributed by atoms with Crippen LogP contribution in [-0.2, 0) is 9.63 Å². The number of aliphatic carboxylic acids is 1. The minimum Gasteiger partial charge on any atom is -0.479 e. The van der Waals surface area contributed by atoms with Gasteiger partial charge in [0.15, 0.2) is 0 Å². The molecule has 4 aliphatic carbocycles. The Morgan fingerprint density at radius 1 is 1.19 bits per heavy atom. The molecular formula is C12H17NO3. The van der Waals surface area contributed by atoms with Crippen LogP contribution in [0.2, 0.25) is 0 Å². The minimum atomic E-state index is -0.951. The highest BCUT2D eigenvalue weighted by Crippen LogP contribution is 2.52. The van der Waals surface area contributed by atoms with Gasteiger partial charge in [-0.3, -0.25) is 0 Å². The maximum absolute atomic E-state index is 10.4. The lowest BCUT2D eigenvalue weighted by Gasteiger charge is -2.49. The summed E-state index contributed by atoms with van der Waals surface area (Å²) >= 11 is 0. The van der Waals surface area contributed by atoms with Crippen molar-refractivity contribution in [3.05, 3.63) is 0 Å². The highest BCUT2D eigenvalue weighted by atomic mass is 16.6. The highest BCUT2D eigenvalue weighted by Gasteiger charge is 2.46. The minimum absolute atomic E-state index is 0.310. The third-order valence-corrected chi connectivity index (χ3v) is 4.33. The topological polar surface area (TPSA) is 58.9 Å². The summed E-state index contributed by atoms with van der Waals surface area (Å²) in [6.07, 6.45) is 6.42. The summed E-state index contributed by atoms with van der Waals surface area (Å²) in [7, 11) is 0. The van der Waals surface area contributed by atoms with Crippen LogP contribution >= 0.6 is 0 Å². The fourth-order valence-electron chi connectivity index (χ4n) is 3.98. The molecule has 0 unspecified atom stereocenters. The molecule has 0 radical (unpaired) electrons. The van der Waals surface area contributed by atoms with Crippen molar-refractivity contribution in [1.29, 1.82) is 0 Å². The van der Waals surface area contributed by atoms with Crippen molar-refractivity contribution in [2.75, 3.05) is 6.61 Å². The maximum Gasteiger partial charge on any atom is 0.344 e. The number of carbonyl (C=O) groups is 1. The second kappa shape index (κ2) is 3.75. The standard InChI is InChI=1S/C12H17NO3/c14-11(15)6-16-13-12-9-2-7-1-8(4-9)5-10(12)3-7/h7-10H,1-6H2,(H,14,15). The van der Waals surface area contributed by atoms with Crippen LogP contribution in [0.25, 0.3) is 0 Å². The predicted molar refractivity (Wildman–Crippen MR) is 58.1 cm³/mol. The molecule has 4 rings (SSSR count). The van der Waals surface area contributed by atoms with Crippen LogP contribution in [0, 0.1) is 23.7 Å². The van der Waals surface area contributed by atoms with E-state index in [1.54, 1.807) is 0 Å². The Balaban J connectivity index is 1.69. The quantitative estimate of drug-likeness (QED) is 0.743. The van der Waals surface area contributed by atoms with Crippen molar-refractivity contribution in [3.63, 3.8) is 0 Å². The molecule has 16 heavy (non-hydrogen) atoms. The second-order valence-corrected chi connectivity index (χ2v) is 5.49. The summed E-state index contributed by atoms with van der Waals surface area (Å²) in [6.45, 7) is -0.310. The van der Waals surface area contributed by atoms with E-state index >= 15 is 0 Å². The zero-order valence-corrected chi connectivity index (χ0v) is 9.26. The number of carboxylic acids is 1. The third kappa shape index (κ3) is 1.70. The number of hydrogen-bond donors (Lipinski definition) is 1. The summed E-state index contributed by atoms with van der Waals surface area (Å²) in [4.78, 5) is 15.3. The van der Waals surface area contributed by atoms with Crippen LogP contribution in [0.15, 0.2) is 5.16 Å². The number of nitrogens with zero attached hydrogens (tertiary/aromatic N) is 1. The van der Waals surface area contributed by atoms with E-state index in [-0.39, 0.29) is 6.61 Å². The summed E-state index contributed by atoms with van der Waals surface area (Å²) in [5.41, 5.74) is 1.16. The maximum atomic E-state index is 10.4. The lowest BCUT2D eigenvalue weighted by Crippen LogP contribution is -2.45. The molecule has 4 fully saturated rings.